The van der Waals surface area contributed by atoms with E-state index in [0.29, 0.717) is 23.5 Å². The van der Waals surface area contributed by atoms with E-state index in [-0.39, 0.29) is 17.9 Å². The zero-order chi connectivity index (χ0) is 24.6. The van der Waals surface area contributed by atoms with Crippen LogP contribution in [-0.2, 0) is 4.79 Å². The van der Waals surface area contributed by atoms with Gasteiger partial charge in [-0.25, -0.2) is 4.98 Å². The van der Waals surface area contributed by atoms with Crippen LogP contribution >= 0.6 is 11.3 Å². The number of aromatic nitrogens is 5. The van der Waals surface area contributed by atoms with Crippen LogP contribution in [0.2, 0.25) is 0 Å². The number of rotatable bonds is 11. The Labute approximate surface area is 207 Å². The number of benzene rings is 1. The molecule has 0 aliphatic heterocycles. The number of imidazole rings is 1. The molecule has 4 N–H and O–H groups in total. The van der Waals surface area contributed by atoms with Gasteiger partial charge < -0.3 is 15.6 Å². The molecule has 0 spiro atoms. The largest absolute Gasteiger partial charge is 0.359 e. The third-order valence-corrected chi connectivity index (χ3v) is 6.53. The van der Waals surface area contributed by atoms with Crippen molar-refractivity contribution in [3.63, 3.8) is 0 Å². The number of aromatic amines is 2. The van der Waals surface area contributed by atoms with Crippen LogP contribution in [0.5, 0.6) is 0 Å². The van der Waals surface area contributed by atoms with Crippen molar-refractivity contribution in [2.24, 2.45) is 0 Å². The van der Waals surface area contributed by atoms with Crippen molar-refractivity contribution in [3.05, 3.63) is 64.6 Å². The fourth-order valence-electron chi connectivity index (χ4n) is 3.82. The van der Waals surface area contributed by atoms with Crippen LogP contribution < -0.4 is 10.6 Å². The molecule has 0 radical (unpaired) electrons. The number of carbonyl (C=O) groups is 2. The fraction of sp³-hybridized carbons (Fsp3) is 0.320. The normalized spacial score (nSPS) is 11.8. The third kappa shape index (κ3) is 6.42. The summed E-state index contributed by atoms with van der Waals surface area (Å²) in [5, 5.41) is 13.0. The van der Waals surface area contributed by atoms with Gasteiger partial charge in [0.05, 0.1) is 35.3 Å². The van der Waals surface area contributed by atoms with Crippen molar-refractivity contribution in [2.45, 2.75) is 45.1 Å². The number of nitrogens with one attached hydrogen (secondary N) is 4. The first kappa shape index (κ1) is 24.3. The third-order valence-electron chi connectivity index (χ3n) is 5.76. The van der Waals surface area contributed by atoms with Crippen LogP contribution in [0.15, 0.2) is 48.2 Å². The SMILES string of the molecule is CNC(=O)CCCCC[C@H](NC(=O)c1cncs1)c1ncc(-c2ccc(-c3cc(C)[nH]n3)cc2)[nH]1. The second-order valence-electron chi connectivity index (χ2n) is 8.36. The number of hydrogen-bond acceptors (Lipinski definition) is 6. The van der Waals surface area contributed by atoms with Crippen molar-refractivity contribution < 1.29 is 9.59 Å². The average Bonchev–Trinajstić information content (AvgIpc) is 3.65. The summed E-state index contributed by atoms with van der Waals surface area (Å²) in [6, 6.07) is 9.85. The summed E-state index contributed by atoms with van der Waals surface area (Å²) in [5.41, 5.74) is 6.47. The molecule has 3 aromatic heterocycles. The van der Waals surface area contributed by atoms with E-state index >= 15 is 0 Å². The molecule has 35 heavy (non-hydrogen) atoms. The van der Waals surface area contributed by atoms with Crippen LogP contribution in [-0.4, -0.2) is 44.0 Å². The monoisotopic (exact) mass is 491 g/mol. The van der Waals surface area contributed by atoms with Gasteiger partial charge in [-0.1, -0.05) is 37.1 Å². The minimum atomic E-state index is -0.273. The van der Waals surface area contributed by atoms with Crippen molar-refractivity contribution in [3.8, 4) is 22.5 Å². The summed E-state index contributed by atoms with van der Waals surface area (Å²) in [6.07, 6.45) is 7.13. The van der Waals surface area contributed by atoms with Gasteiger partial charge in [-0.05, 0) is 31.4 Å². The lowest BCUT2D eigenvalue weighted by Crippen LogP contribution is -2.28. The Kier molecular flexibility index (Phi) is 8.04. The summed E-state index contributed by atoms with van der Waals surface area (Å²) in [6.45, 7) is 1.98. The number of thiazole rings is 1. The molecule has 0 aliphatic rings. The molecule has 1 atom stereocenters. The molecule has 0 saturated carbocycles. The molecule has 10 heteroatoms. The van der Waals surface area contributed by atoms with E-state index in [1.54, 1.807) is 25.0 Å². The highest BCUT2D eigenvalue weighted by atomic mass is 32.1. The molecule has 2 amide bonds. The average molecular weight is 492 g/mol. The highest BCUT2D eigenvalue weighted by Crippen LogP contribution is 2.26. The Balaban J connectivity index is 1.45. The zero-order valence-corrected chi connectivity index (χ0v) is 20.6. The molecule has 9 nitrogen and oxygen atoms in total. The Hall–Kier alpha value is -3.79. The van der Waals surface area contributed by atoms with Crippen molar-refractivity contribution in [1.29, 1.82) is 0 Å². The van der Waals surface area contributed by atoms with E-state index in [0.717, 1.165) is 47.5 Å². The van der Waals surface area contributed by atoms with Gasteiger partial charge in [0.1, 0.15) is 10.7 Å². The first-order chi connectivity index (χ1) is 17.0. The standard InChI is InChI=1S/C25H29N7O2S/c1-16-12-20(32-31-16)17-8-10-18(11-9-17)21-13-28-24(29-21)19(6-4-3-5-7-23(33)26-2)30-25(34)22-14-27-15-35-22/h8-15,19H,3-7H2,1-2H3,(H,26,33)(H,28,29)(H,30,34)(H,31,32)/t19-/m0/s1. The van der Waals surface area contributed by atoms with Crippen molar-refractivity contribution in [1.82, 2.24) is 35.8 Å². The molecule has 1 aromatic carbocycles. The number of unbranched alkanes of at least 4 members (excludes halogenated alkanes) is 2. The molecule has 0 bridgehead atoms. The molecule has 0 unspecified atom stereocenters. The Morgan fingerprint density at radius 3 is 2.57 bits per heavy atom. The first-order valence-electron chi connectivity index (χ1n) is 11.6. The fourth-order valence-corrected chi connectivity index (χ4v) is 4.34. The number of hydrogen-bond donors (Lipinski definition) is 4. The quantitative estimate of drug-likeness (QED) is 0.231. The topological polar surface area (TPSA) is 128 Å². The molecule has 3 heterocycles. The summed E-state index contributed by atoms with van der Waals surface area (Å²) in [5.74, 6) is 0.583. The van der Waals surface area contributed by atoms with Crippen LogP contribution in [0.25, 0.3) is 22.5 Å². The van der Waals surface area contributed by atoms with Crippen LogP contribution in [0.4, 0.5) is 0 Å². The number of carbonyl (C=O) groups excluding carboxylic acids is 2. The zero-order valence-electron chi connectivity index (χ0n) is 19.8. The number of H-pyrrole nitrogens is 2. The smallest absolute Gasteiger partial charge is 0.263 e. The first-order valence-corrected chi connectivity index (χ1v) is 12.5. The molecule has 0 fully saturated rings. The lowest BCUT2D eigenvalue weighted by Gasteiger charge is -2.16. The van der Waals surface area contributed by atoms with E-state index in [2.05, 4.69) is 35.8 Å². The van der Waals surface area contributed by atoms with Crippen molar-refractivity contribution in [2.75, 3.05) is 7.05 Å². The number of aryl methyl sites for hydroxylation is 1. The van der Waals surface area contributed by atoms with Gasteiger partial charge in [0.2, 0.25) is 5.91 Å². The number of amides is 2. The van der Waals surface area contributed by atoms with Crippen LogP contribution in [0, 0.1) is 6.92 Å². The van der Waals surface area contributed by atoms with Gasteiger partial charge in [0.25, 0.3) is 5.91 Å². The molecule has 182 valence electrons. The lowest BCUT2D eigenvalue weighted by molar-refractivity contribution is -0.120. The second-order valence-corrected chi connectivity index (χ2v) is 9.25. The molecular weight excluding hydrogens is 462 g/mol. The van der Waals surface area contributed by atoms with Gasteiger partial charge in [-0.2, -0.15) is 5.10 Å². The second kappa shape index (κ2) is 11.6. The van der Waals surface area contributed by atoms with E-state index in [1.165, 1.54) is 11.3 Å². The maximum atomic E-state index is 12.7. The van der Waals surface area contributed by atoms with E-state index in [9.17, 15) is 9.59 Å². The van der Waals surface area contributed by atoms with Gasteiger partial charge in [0.15, 0.2) is 0 Å². The maximum absolute atomic E-state index is 12.7. The summed E-state index contributed by atoms with van der Waals surface area (Å²) in [7, 11) is 1.65. The Bertz CT molecular complexity index is 1250. The lowest BCUT2D eigenvalue weighted by atomic mass is 10.1. The number of nitrogens with zero attached hydrogens (tertiary/aromatic N) is 3. The Morgan fingerprint density at radius 1 is 1.09 bits per heavy atom. The van der Waals surface area contributed by atoms with Crippen molar-refractivity contribution >= 4 is 23.2 Å². The molecule has 4 aromatic rings. The van der Waals surface area contributed by atoms with Crippen LogP contribution in [0.1, 0.15) is 59.3 Å². The van der Waals surface area contributed by atoms with Gasteiger partial charge >= 0.3 is 0 Å². The van der Waals surface area contributed by atoms with Gasteiger partial charge in [-0.3, -0.25) is 19.7 Å². The van der Waals surface area contributed by atoms with E-state index in [1.807, 2.05) is 37.3 Å². The maximum Gasteiger partial charge on any atom is 0.263 e. The highest BCUT2D eigenvalue weighted by Gasteiger charge is 2.20. The minimum absolute atomic E-state index is 0.0455. The van der Waals surface area contributed by atoms with Gasteiger partial charge in [-0.15, -0.1) is 11.3 Å². The Morgan fingerprint density at radius 2 is 1.89 bits per heavy atom. The predicted octanol–water partition coefficient (Wildman–Crippen LogP) is 4.40. The van der Waals surface area contributed by atoms with Gasteiger partial charge in [0, 0.05) is 24.7 Å². The summed E-state index contributed by atoms with van der Waals surface area (Å²) < 4.78 is 0. The highest BCUT2D eigenvalue weighted by molar-refractivity contribution is 7.11. The summed E-state index contributed by atoms with van der Waals surface area (Å²) in [4.78, 5) is 36.7. The summed E-state index contributed by atoms with van der Waals surface area (Å²) >= 11 is 1.30. The van der Waals surface area contributed by atoms with E-state index < -0.39 is 0 Å². The molecule has 4 rings (SSSR count). The molecule has 0 aliphatic carbocycles. The minimum Gasteiger partial charge on any atom is -0.359 e. The predicted molar refractivity (Wildman–Crippen MR) is 136 cm³/mol. The molecule has 0 saturated heterocycles. The van der Waals surface area contributed by atoms with Crippen LogP contribution in [0.3, 0.4) is 0 Å². The molecular formula is C25H29N7O2S. The van der Waals surface area contributed by atoms with E-state index in [4.69, 9.17) is 0 Å².